The molecule has 0 spiro atoms. The van der Waals surface area contributed by atoms with E-state index in [4.69, 9.17) is 11.5 Å². The molecule has 170 valence electrons. The van der Waals surface area contributed by atoms with Gasteiger partial charge in [0.05, 0.1) is 22.8 Å². The Labute approximate surface area is 183 Å². The number of aryl methyl sites for hydroxylation is 1. The molecule has 1 unspecified atom stereocenters. The van der Waals surface area contributed by atoms with E-state index in [0.29, 0.717) is 22.4 Å². The zero-order chi connectivity index (χ0) is 23.9. The van der Waals surface area contributed by atoms with Crippen LogP contribution in [-0.2, 0) is 21.4 Å². The van der Waals surface area contributed by atoms with E-state index in [2.05, 4.69) is 24.8 Å². The molecule has 33 heavy (non-hydrogen) atoms. The number of anilines is 1. The molecule has 0 fully saturated rings. The highest BCUT2D eigenvalue weighted by Crippen LogP contribution is 2.31. The second-order valence-electron chi connectivity index (χ2n) is 7.11. The Morgan fingerprint density at radius 1 is 1.18 bits per heavy atom. The van der Waals surface area contributed by atoms with Crippen LogP contribution in [-0.4, -0.2) is 42.8 Å². The first-order valence-electron chi connectivity index (χ1n) is 9.34. The molecule has 0 bridgehead atoms. The number of hydrogen-bond donors (Lipinski definition) is 3. The summed E-state index contributed by atoms with van der Waals surface area (Å²) >= 11 is 0. The standard InChI is InChI=1S/C20H16F3N7O3/c1-30-8-11(7-27-30)10-4-12(16(24)26-6-10)18-28-13-3-2-9(5-14(13)29-18)15(17(25)31)33-19(32)20(21,22)23/h2-8,15H,1H3,(H2,24,26)(H2,25,31)(H,28,29). The van der Waals surface area contributed by atoms with Crippen molar-refractivity contribution in [1.82, 2.24) is 24.7 Å². The number of pyridine rings is 1. The number of aromatic amines is 1. The third-order valence-corrected chi connectivity index (χ3v) is 4.74. The lowest BCUT2D eigenvalue weighted by molar-refractivity contribution is -0.205. The Kier molecular flexibility index (Phi) is 5.24. The Bertz CT molecular complexity index is 1380. The highest BCUT2D eigenvalue weighted by Gasteiger charge is 2.43. The van der Waals surface area contributed by atoms with Gasteiger partial charge in [-0.1, -0.05) is 6.07 Å². The van der Waals surface area contributed by atoms with Crippen molar-refractivity contribution < 1.29 is 27.5 Å². The molecule has 3 aromatic heterocycles. The number of rotatable bonds is 5. The molecule has 1 aromatic carbocycles. The van der Waals surface area contributed by atoms with Crippen LogP contribution in [0.15, 0.2) is 42.9 Å². The van der Waals surface area contributed by atoms with Crippen molar-refractivity contribution in [2.24, 2.45) is 12.8 Å². The number of carbonyl (C=O) groups excluding carboxylic acids is 2. The number of carbonyl (C=O) groups is 2. The minimum Gasteiger partial charge on any atom is -0.441 e. The molecule has 3 heterocycles. The molecule has 4 rings (SSSR count). The summed E-state index contributed by atoms with van der Waals surface area (Å²) in [6.45, 7) is 0. The molecule has 5 N–H and O–H groups in total. The van der Waals surface area contributed by atoms with Crippen molar-refractivity contribution in [2.45, 2.75) is 12.3 Å². The summed E-state index contributed by atoms with van der Waals surface area (Å²) in [5.41, 5.74) is 13.9. The van der Waals surface area contributed by atoms with E-state index in [1.165, 1.54) is 18.2 Å². The molecule has 0 saturated carbocycles. The van der Waals surface area contributed by atoms with Gasteiger partial charge in [0.1, 0.15) is 11.6 Å². The smallest absolute Gasteiger partial charge is 0.441 e. The molecular weight excluding hydrogens is 443 g/mol. The lowest BCUT2D eigenvalue weighted by Gasteiger charge is -2.16. The molecule has 0 aliphatic carbocycles. The van der Waals surface area contributed by atoms with E-state index in [-0.39, 0.29) is 11.4 Å². The first kappa shape index (κ1) is 21.8. The highest BCUT2D eigenvalue weighted by molar-refractivity contribution is 5.88. The first-order valence-corrected chi connectivity index (χ1v) is 9.34. The van der Waals surface area contributed by atoms with Gasteiger partial charge in [-0.15, -0.1) is 0 Å². The number of imidazole rings is 1. The van der Waals surface area contributed by atoms with Crippen molar-refractivity contribution in [3.05, 3.63) is 48.4 Å². The maximum Gasteiger partial charge on any atom is 0.490 e. The number of halogens is 3. The van der Waals surface area contributed by atoms with E-state index in [0.717, 1.165) is 11.1 Å². The van der Waals surface area contributed by atoms with E-state index in [1.54, 1.807) is 36.4 Å². The fourth-order valence-electron chi connectivity index (χ4n) is 3.18. The van der Waals surface area contributed by atoms with Gasteiger partial charge in [0.25, 0.3) is 5.91 Å². The number of nitrogens with two attached hydrogens (primary N) is 2. The van der Waals surface area contributed by atoms with Crippen LogP contribution in [0.5, 0.6) is 0 Å². The quantitative estimate of drug-likeness (QED) is 0.387. The Morgan fingerprint density at radius 3 is 2.58 bits per heavy atom. The average Bonchev–Trinajstić information content (AvgIpc) is 3.36. The number of hydrogen-bond acceptors (Lipinski definition) is 7. The number of esters is 1. The van der Waals surface area contributed by atoms with E-state index >= 15 is 0 Å². The summed E-state index contributed by atoms with van der Waals surface area (Å²) in [7, 11) is 1.78. The van der Waals surface area contributed by atoms with Crippen molar-refractivity contribution in [3.63, 3.8) is 0 Å². The third-order valence-electron chi connectivity index (χ3n) is 4.74. The number of amides is 1. The number of nitrogens with one attached hydrogen (secondary N) is 1. The van der Waals surface area contributed by atoms with E-state index in [9.17, 15) is 22.8 Å². The first-order chi connectivity index (χ1) is 15.5. The van der Waals surface area contributed by atoms with Crippen LogP contribution < -0.4 is 11.5 Å². The molecule has 1 amide bonds. The fourth-order valence-corrected chi connectivity index (χ4v) is 3.18. The van der Waals surface area contributed by atoms with Crippen molar-refractivity contribution >= 4 is 28.7 Å². The minimum absolute atomic E-state index is 0.0574. The van der Waals surface area contributed by atoms with E-state index < -0.39 is 24.2 Å². The minimum atomic E-state index is -5.28. The molecule has 13 heteroatoms. The number of fused-ring (bicyclic) bond motifs is 1. The topological polar surface area (TPSA) is 155 Å². The van der Waals surface area contributed by atoms with Gasteiger partial charge in [0.2, 0.25) is 6.10 Å². The van der Waals surface area contributed by atoms with E-state index in [1.807, 2.05) is 0 Å². The van der Waals surface area contributed by atoms with Gasteiger partial charge in [0, 0.05) is 36.1 Å². The lowest BCUT2D eigenvalue weighted by atomic mass is 10.1. The second kappa shape index (κ2) is 7.93. The maximum atomic E-state index is 12.6. The van der Waals surface area contributed by atoms with Gasteiger partial charge in [0.15, 0.2) is 0 Å². The zero-order valence-corrected chi connectivity index (χ0v) is 16.9. The Morgan fingerprint density at radius 2 is 1.94 bits per heavy atom. The normalized spacial score (nSPS) is 12.6. The molecule has 0 aliphatic heterocycles. The number of nitrogen functional groups attached to an aromatic ring is 1. The molecule has 1 atom stereocenters. The van der Waals surface area contributed by atoms with Crippen LogP contribution in [0.25, 0.3) is 33.5 Å². The summed E-state index contributed by atoms with van der Waals surface area (Å²) < 4.78 is 43.6. The van der Waals surface area contributed by atoms with Gasteiger partial charge < -0.3 is 21.2 Å². The zero-order valence-electron chi connectivity index (χ0n) is 16.9. The number of H-pyrrole nitrogens is 1. The largest absolute Gasteiger partial charge is 0.490 e. The molecule has 0 radical (unpaired) electrons. The number of alkyl halides is 3. The third kappa shape index (κ3) is 4.33. The predicted molar refractivity (Wildman–Crippen MR) is 110 cm³/mol. The highest BCUT2D eigenvalue weighted by atomic mass is 19.4. The summed E-state index contributed by atoms with van der Waals surface area (Å²) in [5, 5.41) is 4.12. The summed E-state index contributed by atoms with van der Waals surface area (Å²) in [5.74, 6) is -3.26. The van der Waals surface area contributed by atoms with Crippen LogP contribution in [0.1, 0.15) is 11.7 Å². The van der Waals surface area contributed by atoms with Crippen molar-refractivity contribution in [1.29, 1.82) is 0 Å². The summed E-state index contributed by atoms with van der Waals surface area (Å²) in [4.78, 5) is 34.5. The fraction of sp³-hybridized carbons (Fsp3) is 0.150. The number of aromatic nitrogens is 5. The van der Waals surface area contributed by atoms with Crippen LogP contribution in [0, 0.1) is 0 Å². The molecule has 0 aliphatic rings. The van der Waals surface area contributed by atoms with Gasteiger partial charge in [-0.2, -0.15) is 18.3 Å². The van der Waals surface area contributed by atoms with Crippen molar-refractivity contribution in [3.8, 4) is 22.5 Å². The number of primary amides is 1. The number of ether oxygens (including phenoxy) is 1. The summed E-state index contributed by atoms with van der Waals surface area (Å²) in [6, 6.07) is 5.81. The van der Waals surface area contributed by atoms with Crippen LogP contribution >= 0.6 is 0 Å². The SMILES string of the molecule is Cn1cc(-c2cnc(N)c(-c3nc4ccc(C(OC(=O)C(F)(F)F)C(N)=O)cc4[nH]3)c2)cn1. The maximum absolute atomic E-state index is 12.6. The van der Waals surface area contributed by atoms with Gasteiger partial charge in [-0.3, -0.25) is 9.48 Å². The number of nitrogens with zero attached hydrogens (tertiary/aromatic N) is 4. The van der Waals surface area contributed by atoms with Crippen LogP contribution in [0.3, 0.4) is 0 Å². The van der Waals surface area contributed by atoms with Crippen LogP contribution in [0.2, 0.25) is 0 Å². The summed E-state index contributed by atoms with van der Waals surface area (Å²) in [6.07, 6.45) is -2.16. The van der Waals surface area contributed by atoms with Gasteiger partial charge in [-0.05, 0) is 18.2 Å². The predicted octanol–water partition coefficient (Wildman–Crippen LogP) is 2.24. The lowest BCUT2D eigenvalue weighted by Crippen LogP contribution is -2.32. The Hall–Kier alpha value is -4.42. The monoisotopic (exact) mass is 459 g/mol. The van der Waals surface area contributed by atoms with Gasteiger partial charge in [-0.25, -0.2) is 14.8 Å². The molecule has 4 aromatic rings. The Balaban J connectivity index is 1.71. The second-order valence-corrected chi connectivity index (χ2v) is 7.11. The molecule has 0 saturated heterocycles. The number of benzene rings is 1. The van der Waals surface area contributed by atoms with Crippen LogP contribution in [0.4, 0.5) is 19.0 Å². The molecule has 10 nitrogen and oxygen atoms in total. The van der Waals surface area contributed by atoms with Gasteiger partial charge >= 0.3 is 12.1 Å². The average molecular weight is 459 g/mol. The molecular formula is C20H16F3N7O3. The van der Waals surface area contributed by atoms with Crippen molar-refractivity contribution in [2.75, 3.05) is 5.73 Å².